The summed E-state index contributed by atoms with van der Waals surface area (Å²) in [6.07, 6.45) is 3.25. The monoisotopic (exact) mass is 372 g/mol. The van der Waals surface area contributed by atoms with Gasteiger partial charge in [0, 0.05) is 21.7 Å². The molecule has 0 amide bonds. The van der Waals surface area contributed by atoms with E-state index in [1.54, 1.807) is 16.9 Å². The van der Waals surface area contributed by atoms with Crippen molar-refractivity contribution in [2.75, 3.05) is 0 Å². The van der Waals surface area contributed by atoms with Crippen LogP contribution in [0.15, 0.2) is 27.5 Å². The first-order valence-corrected chi connectivity index (χ1v) is 6.91. The lowest BCUT2D eigenvalue weighted by Crippen LogP contribution is -2.12. The van der Waals surface area contributed by atoms with Gasteiger partial charge in [-0.25, -0.2) is 9.67 Å². The van der Waals surface area contributed by atoms with E-state index < -0.39 is 0 Å². The van der Waals surface area contributed by atoms with Gasteiger partial charge in [0.05, 0.1) is 6.42 Å². The van der Waals surface area contributed by atoms with E-state index in [4.69, 9.17) is 0 Å². The average molecular weight is 374 g/mol. The second-order valence-electron chi connectivity index (χ2n) is 3.58. The van der Waals surface area contributed by atoms with Crippen molar-refractivity contribution in [2.24, 2.45) is 0 Å². The van der Waals surface area contributed by atoms with Crippen LogP contribution in [0.1, 0.15) is 23.2 Å². The highest BCUT2D eigenvalue weighted by atomic mass is 79.9. The van der Waals surface area contributed by atoms with E-state index >= 15 is 0 Å². The summed E-state index contributed by atoms with van der Waals surface area (Å²) in [6.45, 7) is 2.65. The third-order valence-electron chi connectivity index (χ3n) is 2.39. The zero-order chi connectivity index (χ0) is 13.1. The molecule has 0 aliphatic carbocycles. The van der Waals surface area contributed by atoms with Crippen LogP contribution in [0.3, 0.4) is 0 Å². The fourth-order valence-corrected chi connectivity index (χ4v) is 2.74. The molecule has 0 fully saturated rings. The molecule has 2 heterocycles. The maximum Gasteiger partial charge on any atom is 0.189 e. The average Bonchev–Trinajstić information content (AvgIpc) is 2.76. The van der Waals surface area contributed by atoms with E-state index in [1.165, 1.54) is 6.33 Å². The third kappa shape index (κ3) is 2.84. The number of aromatic nitrogens is 4. The van der Waals surface area contributed by atoms with E-state index in [0.29, 0.717) is 22.5 Å². The van der Waals surface area contributed by atoms with Gasteiger partial charge in [-0.1, -0.05) is 0 Å². The first-order valence-electron chi connectivity index (χ1n) is 5.32. The molecule has 0 aliphatic rings. The summed E-state index contributed by atoms with van der Waals surface area (Å²) >= 11 is 6.63. The highest BCUT2D eigenvalue weighted by molar-refractivity contribution is 9.11. The number of carbonyl (C=O) groups excluding carboxylic acids is 1. The van der Waals surface area contributed by atoms with Gasteiger partial charge in [-0.3, -0.25) is 9.78 Å². The molecule has 0 N–H and O–H groups in total. The Hall–Kier alpha value is -1.08. The number of nitrogens with zero attached hydrogens (tertiary/aromatic N) is 4. The summed E-state index contributed by atoms with van der Waals surface area (Å²) in [6, 6.07) is 1.80. The zero-order valence-electron chi connectivity index (χ0n) is 9.60. The Morgan fingerprint density at radius 1 is 1.39 bits per heavy atom. The minimum Gasteiger partial charge on any atom is -0.292 e. The molecule has 2 aromatic rings. The van der Waals surface area contributed by atoms with Crippen LogP contribution in [0.25, 0.3) is 0 Å². The van der Waals surface area contributed by atoms with Crippen molar-refractivity contribution in [3.8, 4) is 0 Å². The fraction of sp³-hybridized carbons (Fsp3) is 0.273. The quantitative estimate of drug-likeness (QED) is 0.773. The molecule has 2 rings (SSSR count). The van der Waals surface area contributed by atoms with Crippen LogP contribution >= 0.6 is 31.9 Å². The lowest BCUT2D eigenvalue weighted by molar-refractivity contribution is 0.0984. The number of Topliss-reactive ketones (excluding diaryl/α,β-unsaturated/α-hetero) is 1. The Kier molecular flexibility index (Phi) is 4.23. The molecular formula is C11H10Br2N4O. The minimum atomic E-state index is -0.0860. The predicted molar refractivity (Wildman–Crippen MR) is 73.4 cm³/mol. The van der Waals surface area contributed by atoms with Crippen LogP contribution in [-0.4, -0.2) is 25.5 Å². The van der Waals surface area contributed by atoms with Crippen LogP contribution < -0.4 is 0 Å². The smallest absolute Gasteiger partial charge is 0.189 e. The first-order chi connectivity index (χ1) is 8.61. The standard InChI is InChI=1S/C11H10Br2N4O/c1-2-17-10(15-6-16-17)4-9(18)11-8(13)3-7(12)5-14-11/h3,5-6H,2,4H2,1H3. The molecule has 0 saturated heterocycles. The molecule has 0 saturated carbocycles. The van der Waals surface area contributed by atoms with E-state index in [1.807, 2.05) is 6.92 Å². The zero-order valence-corrected chi connectivity index (χ0v) is 12.8. The van der Waals surface area contributed by atoms with Gasteiger partial charge in [0.1, 0.15) is 17.8 Å². The van der Waals surface area contributed by atoms with Crippen molar-refractivity contribution < 1.29 is 4.79 Å². The molecule has 7 heteroatoms. The largest absolute Gasteiger partial charge is 0.292 e. The lowest BCUT2D eigenvalue weighted by Gasteiger charge is -2.04. The lowest BCUT2D eigenvalue weighted by atomic mass is 10.2. The number of hydrogen-bond acceptors (Lipinski definition) is 4. The van der Waals surface area contributed by atoms with Crippen LogP contribution in [-0.2, 0) is 13.0 Å². The van der Waals surface area contributed by atoms with E-state index in [2.05, 4.69) is 46.9 Å². The number of hydrogen-bond donors (Lipinski definition) is 0. The molecule has 0 aliphatic heterocycles. The number of ketones is 1. The van der Waals surface area contributed by atoms with Gasteiger partial charge in [-0.15, -0.1) is 0 Å². The minimum absolute atomic E-state index is 0.0860. The van der Waals surface area contributed by atoms with Crippen LogP contribution in [0.5, 0.6) is 0 Å². The van der Waals surface area contributed by atoms with Crippen LogP contribution in [0.2, 0.25) is 0 Å². The van der Waals surface area contributed by atoms with E-state index in [9.17, 15) is 4.79 Å². The number of rotatable bonds is 4. The van der Waals surface area contributed by atoms with Gasteiger partial charge in [0.25, 0.3) is 0 Å². The molecule has 18 heavy (non-hydrogen) atoms. The molecule has 5 nitrogen and oxygen atoms in total. The van der Waals surface area contributed by atoms with Gasteiger partial charge in [-0.2, -0.15) is 5.10 Å². The summed E-state index contributed by atoms with van der Waals surface area (Å²) in [5.41, 5.74) is 0.406. The Balaban J connectivity index is 2.22. The third-order valence-corrected chi connectivity index (χ3v) is 3.42. The van der Waals surface area contributed by atoms with E-state index in [-0.39, 0.29) is 12.2 Å². The van der Waals surface area contributed by atoms with Gasteiger partial charge in [0.2, 0.25) is 0 Å². The van der Waals surface area contributed by atoms with Crippen LogP contribution in [0.4, 0.5) is 0 Å². The highest BCUT2D eigenvalue weighted by Gasteiger charge is 2.15. The fourth-order valence-electron chi connectivity index (χ4n) is 1.54. The maximum absolute atomic E-state index is 12.1. The van der Waals surface area contributed by atoms with Crippen molar-refractivity contribution in [1.82, 2.24) is 19.7 Å². The molecular weight excluding hydrogens is 364 g/mol. The molecule has 0 spiro atoms. The van der Waals surface area contributed by atoms with Crippen molar-refractivity contribution in [1.29, 1.82) is 0 Å². The Labute approximate surface area is 121 Å². The Morgan fingerprint density at radius 2 is 2.17 bits per heavy atom. The summed E-state index contributed by atoms with van der Waals surface area (Å²) in [5, 5.41) is 4.03. The molecule has 0 unspecified atom stereocenters. The summed E-state index contributed by atoms with van der Waals surface area (Å²) in [7, 11) is 0. The topological polar surface area (TPSA) is 60.7 Å². The SMILES string of the molecule is CCn1ncnc1CC(=O)c1ncc(Br)cc1Br. The van der Waals surface area contributed by atoms with Crippen molar-refractivity contribution in [3.05, 3.63) is 39.1 Å². The number of carbonyl (C=O) groups is 1. The normalized spacial score (nSPS) is 10.6. The maximum atomic E-state index is 12.1. The number of pyridine rings is 1. The van der Waals surface area contributed by atoms with E-state index in [0.717, 1.165) is 4.47 Å². The van der Waals surface area contributed by atoms with Crippen LogP contribution in [0, 0.1) is 0 Å². The predicted octanol–water partition coefficient (Wildman–Crippen LogP) is 2.64. The Bertz CT molecular complexity index is 582. The summed E-state index contributed by atoms with van der Waals surface area (Å²) in [5.74, 6) is 0.566. The summed E-state index contributed by atoms with van der Waals surface area (Å²) in [4.78, 5) is 20.3. The van der Waals surface area contributed by atoms with Crippen molar-refractivity contribution >= 4 is 37.6 Å². The Morgan fingerprint density at radius 3 is 2.83 bits per heavy atom. The molecule has 0 atom stereocenters. The van der Waals surface area contributed by atoms with Gasteiger partial charge < -0.3 is 0 Å². The molecule has 0 aromatic carbocycles. The summed E-state index contributed by atoms with van der Waals surface area (Å²) < 4.78 is 3.19. The van der Waals surface area contributed by atoms with Gasteiger partial charge in [-0.05, 0) is 44.8 Å². The second-order valence-corrected chi connectivity index (χ2v) is 5.35. The van der Waals surface area contributed by atoms with Gasteiger partial charge in [0.15, 0.2) is 5.78 Å². The van der Waals surface area contributed by atoms with Gasteiger partial charge >= 0.3 is 0 Å². The molecule has 94 valence electrons. The highest BCUT2D eigenvalue weighted by Crippen LogP contribution is 2.20. The van der Waals surface area contributed by atoms with Crippen molar-refractivity contribution in [2.45, 2.75) is 19.9 Å². The first kappa shape index (κ1) is 13.4. The molecule has 0 bridgehead atoms. The van der Waals surface area contributed by atoms with Crippen molar-refractivity contribution in [3.63, 3.8) is 0 Å². The second kappa shape index (κ2) is 5.71. The molecule has 0 radical (unpaired) electrons. The number of aryl methyl sites for hydroxylation is 1. The number of halogens is 2. The molecule has 2 aromatic heterocycles.